The lowest BCUT2D eigenvalue weighted by atomic mass is 9.82. The fraction of sp³-hybridized carbons (Fsp3) is 0.706. The van der Waals surface area contributed by atoms with Gasteiger partial charge in [0.05, 0.1) is 11.2 Å². The molecule has 0 amide bonds. The second kappa shape index (κ2) is 4.96. The zero-order valence-electron chi connectivity index (χ0n) is 13.7. The Kier molecular flexibility index (Phi) is 3.49. The molecule has 0 aliphatic carbocycles. The summed E-state index contributed by atoms with van der Waals surface area (Å²) in [5, 5.41) is 3.46. The van der Waals surface area contributed by atoms with Crippen LogP contribution in [0.2, 0.25) is 0 Å². The van der Waals surface area contributed by atoms with Crippen LogP contribution in [0.1, 0.15) is 49.8 Å². The van der Waals surface area contributed by atoms with Gasteiger partial charge in [-0.3, -0.25) is 9.69 Å². The largest absolute Gasteiger partial charge is 0.339 e. The minimum atomic E-state index is -0.320. The number of aromatic nitrogens is 1. The molecule has 1 spiro atoms. The average molecular weight is 289 g/mol. The Morgan fingerprint density at radius 1 is 1.19 bits per heavy atom. The van der Waals surface area contributed by atoms with Crippen molar-refractivity contribution in [3.05, 3.63) is 23.5 Å². The highest BCUT2D eigenvalue weighted by molar-refractivity contribution is 5.98. The van der Waals surface area contributed by atoms with Crippen molar-refractivity contribution in [3.8, 4) is 0 Å². The average Bonchev–Trinajstić information content (AvgIpc) is 2.87. The molecular weight excluding hydrogens is 262 g/mol. The molecule has 2 aliphatic heterocycles. The molecule has 116 valence electrons. The number of rotatable bonds is 1. The summed E-state index contributed by atoms with van der Waals surface area (Å²) in [7, 11) is 2.23. The number of carbonyl (C=O) groups is 1. The molecule has 21 heavy (non-hydrogen) atoms. The van der Waals surface area contributed by atoms with Gasteiger partial charge in [-0.05, 0) is 45.1 Å². The number of fused-ring (bicyclic) bond motifs is 2. The Balaban J connectivity index is 2.05. The zero-order valence-corrected chi connectivity index (χ0v) is 13.7. The van der Waals surface area contributed by atoms with Crippen LogP contribution in [-0.2, 0) is 12.1 Å². The molecule has 0 aromatic carbocycles. The Morgan fingerprint density at radius 3 is 2.48 bits per heavy atom. The minimum absolute atomic E-state index is 0.111. The van der Waals surface area contributed by atoms with Crippen LogP contribution >= 0.6 is 0 Å². The van der Waals surface area contributed by atoms with Crippen molar-refractivity contribution in [1.29, 1.82) is 0 Å². The molecular formula is C17H27N3O. The highest BCUT2D eigenvalue weighted by Crippen LogP contribution is 2.40. The molecule has 3 rings (SSSR count). The lowest BCUT2D eigenvalue weighted by molar-refractivity contribution is 0.0468. The number of nitrogens with one attached hydrogen (secondary N) is 1. The summed E-state index contributed by atoms with van der Waals surface area (Å²) >= 11 is 0. The molecule has 1 aromatic rings. The van der Waals surface area contributed by atoms with Gasteiger partial charge in [-0.2, -0.15) is 0 Å². The predicted octanol–water partition coefficient (Wildman–Crippen LogP) is 2.24. The highest BCUT2D eigenvalue weighted by Gasteiger charge is 2.43. The maximum atomic E-state index is 12.7. The van der Waals surface area contributed by atoms with E-state index in [4.69, 9.17) is 0 Å². The molecule has 0 saturated carbocycles. The minimum Gasteiger partial charge on any atom is -0.339 e. The molecule has 0 bridgehead atoms. The van der Waals surface area contributed by atoms with E-state index < -0.39 is 0 Å². The van der Waals surface area contributed by atoms with Crippen LogP contribution in [0.3, 0.4) is 0 Å². The van der Waals surface area contributed by atoms with E-state index in [1.165, 1.54) is 5.69 Å². The summed E-state index contributed by atoms with van der Waals surface area (Å²) in [5.41, 5.74) is 2.02. The van der Waals surface area contributed by atoms with Crippen LogP contribution in [0.4, 0.5) is 0 Å². The van der Waals surface area contributed by atoms with E-state index in [1.807, 2.05) is 26.8 Å². The summed E-state index contributed by atoms with van der Waals surface area (Å²) in [6.45, 7) is 10.1. The van der Waals surface area contributed by atoms with Crippen molar-refractivity contribution in [2.75, 3.05) is 26.7 Å². The Bertz CT molecular complexity index is 547. The van der Waals surface area contributed by atoms with E-state index in [1.54, 1.807) is 0 Å². The molecule has 3 heterocycles. The highest BCUT2D eigenvalue weighted by atomic mass is 16.1. The molecule has 0 radical (unpaired) electrons. The number of carbonyl (C=O) groups excluding carboxylic acids is 1. The quantitative estimate of drug-likeness (QED) is 0.806. The molecule has 0 atom stereocenters. The van der Waals surface area contributed by atoms with Crippen molar-refractivity contribution in [3.63, 3.8) is 0 Å². The summed E-state index contributed by atoms with van der Waals surface area (Å²) in [6, 6.07) is 4.24. The van der Waals surface area contributed by atoms with Gasteiger partial charge in [-0.25, -0.2) is 0 Å². The number of Topliss-reactive ketones (excluding diaryl/α,β-unsaturated/α-hetero) is 1. The first-order valence-electron chi connectivity index (χ1n) is 8.03. The smallest absolute Gasteiger partial charge is 0.184 e. The summed E-state index contributed by atoms with van der Waals surface area (Å²) in [5.74, 6) is 0.252. The van der Waals surface area contributed by atoms with E-state index in [9.17, 15) is 4.79 Å². The van der Waals surface area contributed by atoms with Crippen molar-refractivity contribution in [1.82, 2.24) is 14.8 Å². The first-order valence-corrected chi connectivity index (χ1v) is 8.03. The van der Waals surface area contributed by atoms with E-state index in [0.717, 1.165) is 44.7 Å². The number of hydrogen-bond acceptors (Lipinski definition) is 3. The maximum absolute atomic E-state index is 12.7. The van der Waals surface area contributed by atoms with Gasteiger partial charge in [0.25, 0.3) is 0 Å². The van der Waals surface area contributed by atoms with E-state index in [2.05, 4.69) is 27.9 Å². The predicted molar refractivity (Wildman–Crippen MR) is 84.6 cm³/mol. The number of nitrogens with zero attached hydrogens (tertiary/aromatic N) is 2. The van der Waals surface area contributed by atoms with Crippen molar-refractivity contribution in [2.45, 2.75) is 45.7 Å². The standard InChI is InChI=1S/C17H27N3O/c1-16(2,3)15(21)13-5-6-14-17(7-9-18-10-8-17)19(4)11-12-20(13)14/h5-6,18H,7-12H2,1-4H3. The van der Waals surface area contributed by atoms with Gasteiger partial charge in [0.15, 0.2) is 5.78 Å². The topological polar surface area (TPSA) is 37.3 Å². The van der Waals surface area contributed by atoms with Crippen LogP contribution in [-0.4, -0.2) is 41.9 Å². The second-order valence-electron chi connectivity index (χ2n) is 7.54. The van der Waals surface area contributed by atoms with Crippen LogP contribution in [0.15, 0.2) is 12.1 Å². The van der Waals surface area contributed by atoms with E-state index in [0.29, 0.717) is 0 Å². The molecule has 1 aromatic heterocycles. The van der Waals surface area contributed by atoms with E-state index in [-0.39, 0.29) is 16.7 Å². The van der Waals surface area contributed by atoms with E-state index >= 15 is 0 Å². The first kappa shape index (κ1) is 14.8. The molecule has 4 heteroatoms. The molecule has 2 aliphatic rings. The Hall–Kier alpha value is -1.13. The molecule has 0 unspecified atom stereocenters. The lowest BCUT2D eigenvalue weighted by Crippen LogP contribution is -2.55. The Labute approximate surface area is 127 Å². The summed E-state index contributed by atoms with van der Waals surface area (Å²) in [4.78, 5) is 15.2. The maximum Gasteiger partial charge on any atom is 0.184 e. The fourth-order valence-corrected chi connectivity index (χ4v) is 3.84. The third-order valence-electron chi connectivity index (χ3n) is 5.19. The molecule has 1 N–H and O–H groups in total. The van der Waals surface area contributed by atoms with Gasteiger partial charge in [0, 0.05) is 24.2 Å². The SMILES string of the molecule is CN1CCn2c(C(=O)C(C)(C)C)ccc2C12CCNCC2. The van der Waals surface area contributed by atoms with Crippen molar-refractivity contribution in [2.24, 2.45) is 5.41 Å². The molecule has 1 saturated heterocycles. The second-order valence-corrected chi connectivity index (χ2v) is 7.54. The normalized spacial score (nSPS) is 22.3. The van der Waals surface area contributed by atoms with Gasteiger partial charge in [0.2, 0.25) is 0 Å². The van der Waals surface area contributed by atoms with Gasteiger partial charge in [0.1, 0.15) is 0 Å². The monoisotopic (exact) mass is 289 g/mol. The number of likely N-dealkylation sites (N-methyl/N-ethyl adjacent to an activating group) is 1. The molecule has 1 fully saturated rings. The van der Waals surface area contributed by atoms with Crippen LogP contribution in [0.25, 0.3) is 0 Å². The van der Waals surface area contributed by atoms with Gasteiger partial charge in [-0.15, -0.1) is 0 Å². The van der Waals surface area contributed by atoms with Crippen molar-refractivity contribution < 1.29 is 4.79 Å². The molecule has 4 nitrogen and oxygen atoms in total. The van der Waals surface area contributed by atoms with Crippen LogP contribution in [0, 0.1) is 5.41 Å². The summed E-state index contributed by atoms with van der Waals surface area (Å²) in [6.07, 6.45) is 2.24. The zero-order chi connectivity index (χ0) is 15.3. The number of hydrogen-bond donors (Lipinski definition) is 1. The summed E-state index contributed by atoms with van der Waals surface area (Å²) < 4.78 is 2.29. The first-order chi connectivity index (χ1) is 9.86. The van der Waals surface area contributed by atoms with Crippen molar-refractivity contribution >= 4 is 5.78 Å². The van der Waals surface area contributed by atoms with Crippen LogP contribution in [0.5, 0.6) is 0 Å². The number of ketones is 1. The van der Waals surface area contributed by atoms with Gasteiger partial charge >= 0.3 is 0 Å². The third kappa shape index (κ3) is 2.25. The van der Waals surface area contributed by atoms with Crippen LogP contribution < -0.4 is 5.32 Å². The van der Waals surface area contributed by atoms with Gasteiger partial charge in [-0.1, -0.05) is 20.8 Å². The Morgan fingerprint density at radius 2 is 1.86 bits per heavy atom. The van der Waals surface area contributed by atoms with Gasteiger partial charge < -0.3 is 9.88 Å². The third-order valence-corrected chi connectivity index (χ3v) is 5.19. The fourth-order valence-electron chi connectivity index (χ4n) is 3.84. The number of piperidine rings is 1. The lowest BCUT2D eigenvalue weighted by Gasteiger charge is -2.48.